The van der Waals surface area contributed by atoms with Crippen LogP contribution in [0.15, 0.2) is 49.6 Å². The van der Waals surface area contributed by atoms with Crippen LogP contribution in [0.4, 0.5) is 5.69 Å². The predicted molar refractivity (Wildman–Crippen MR) is 162 cm³/mol. The number of benzene rings is 1. The van der Waals surface area contributed by atoms with Crippen LogP contribution in [0.25, 0.3) is 0 Å². The number of hydrogen-bond acceptors (Lipinski definition) is 6. The highest BCUT2D eigenvalue weighted by Crippen LogP contribution is 2.64. The Labute approximate surface area is 250 Å². The number of likely N-dealkylation sites (tertiary alicyclic amines) is 1. The van der Waals surface area contributed by atoms with Crippen LogP contribution in [0, 0.1) is 17.8 Å². The number of amides is 3. The number of fused-ring (bicyclic) bond motifs is 1. The van der Waals surface area contributed by atoms with Crippen LogP contribution in [0.1, 0.15) is 53.4 Å². The Morgan fingerprint density at radius 3 is 2.38 bits per heavy atom. The van der Waals surface area contributed by atoms with Gasteiger partial charge in [0.15, 0.2) is 0 Å². The summed E-state index contributed by atoms with van der Waals surface area (Å²) in [5.74, 6) is -1.75. The van der Waals surface area contributed by atoms with Crippen LogP contribution in [0.2, 0.25) is 0 Å². The van der Waals surface area contributed by atoms with E-state index in [0.717, 1.165) is 6.42 Å². The van der Waals surface area contributed by atoms with E-state index in [4.69, 9.17) is 9.47 Å². The minimum atomic E-state index is -1.19. The number of aliphatic hydroxyl groups excluding tert-OH is 1. The number of rotatable bonds is 14. The van der Waals surface area contributed by atoms with E-state index in [1.165, 1.54) is 0 Å². The molecular formula is C33H47N3O6. The van der Waals surface area contributed by atoms with Crippen molar-refractivity contribution in [3.05, 3.63) is 49.6 Å². The Morgan fingerprint density at radius 2 is 1.83 bits per heavy atom. The van der Waals surface area contributed by atoms with Crippen LogP contribution < -0.4 is 9.64 Å². The molecule has 2 bridgehead atoms. The third-order valence-electron chi connectivity index (χ3n) is 9.68. The first-order valence-electron chi connectivity index (χ1n) is 15.2. The van der Waals surface area contributed by atoms with Gasteiger partial charge in [-0.2, -0.15) is 0 Å². The lowest BCUT2D eigenvalue weighted by atomic mass is 9.66. The smallest absolute Gasteiger partial charge is 0.253 e. The van der Waals surface area contributed by atoms with Crippen molar-refractivity contribution in [2.24, 2.45) is 17.8 Å². The summed E-state index contributed by atoms with van der Waals surface area (Å²) in [6.45, 7) is 16.4. The third-order valence-corrected chi connectivity index (χ3v) is 9.68. The molecule has 4 rings (SSSR count). The van der Waals surface area contributed by atoms with Gasteiger partial charge in [-0.3, -0.25) is 14.4 Å². The maximum Gasteiger partial charge on any atom is 0.253 e. The molecule has 7 atom stereocenters. The number of methoxy groups -OCH3 is 1. The normalized spacial score (nSPS) is 29.1. The zero-order valence-electron chi connectivity index (χ0n) is 25.8. The van der Waals surface area contributed by atoms with Crippen molar-refractivity contribution in [3.63, 3.8) is 0 Å². The molecule has 9 nitrogen and oxygen atoms in total. The average molecular weight is 582 g/mol. The first-order chi connectivity index (χ1) is 20.1. The van der Waals surface area contributed by atoms with Crippen molar-refractivity contribution >= 4 is 23.4 Å². The quantitative estimate of drug-likeness (QED) is 0.336. The van der Waals surface area contributed by atoms with E-state index >= 15 is 0 Å². The van der Waals surface area contributed by atoms with Gasteiger partial charge < -0.3 is 29.3 Å². The Hall–Kier alpha value is -3.17. The number of nitrogens with zero attached hydrogens (tertiary/aromatic N) is 3. The molecule has 3 saturated heterocycles. The number of ether oxygens (including phenoxy) is 2. The van der Waals surface area contributed by atoms with Gasteiger partial charge >= 0.3 is 0 Å². The molecule has 3 heterocycles. The van der Waals surface area contributed by atoms with Gasteiger partial charge in [-0.15, -0.1) is 13.2 Å². The molecule has 9 heteroatoms. The van der Waals surface area contributed by atoms with Crippen molar-refractivity contribution in [2.75, 3.05) is 38.3 Å². The molecule has 1 aromatic carbocycles. The second kappa shape index (κ2) is 12.6. The van der Waals surface area contributed by atoms with Gasteiger partial charge in [-0.25, -0.2) is 0 Å². The standard InChI is InChI=1S/C33H47N3O6/c1-8-18-34(19-9-2)29(38)26-27-30(39)36(25(21-37)22(5)11-4)28(33(27)17-16-32(26,6)42-33)31(40)35(20-10-3)23-12-14-24(41-7)15-13-23/h8,10,12-15,22,25-28,37H,1,3,9,11,16-21H2,2,4-7H3/t22-,25-,26-,27-,28?,32+,33?/m0/s1. The molecule has 0 aromatic heterocycles. The van der Waals surface area contributed by atoms with E-state index in [1.807, 2.05) is 27.7 Å². The molecule has 3 aliphatic rings. The fourth-order valence-corrected chi connectivity index (χ4v) is 7.47. The summed E-state index contributed by atoms with van der Waals surface area (Å²) in [6.07, 6.45) is 5.83. The number of carbonyl (C=O) groups excluding carboxylic acids is 3. The molecule has 3 amide bonds. The topological polar surface area (TPSA) is 99.6 Å². The molecule has 1 spiro atoms. The lowest BCUT2D eigenvalue weighted by Crippen LogP contribution is -2.60. The maximum atomic E-state index is 14.8. The van der Waals surface area contributed by atoms with E-state index in [-0.39, 0.29) is 36.8 Å². The highest BCUT2D eigenvalue weighted by molar-refractivity contribution is 6.05. The molecule has 3 fully saturated rings. The van der Waals surface area contributed by atoms with E-state index in [0.29, 0.717) is 43.8 Å². The molecule has 2 unspecified atom stereocenters. The van der Waals surface area contributed by atoms with Crippen LogP contribution in [-0.2, 0) is 19.1 Å². The number of carbonyl (C=O) groups is 3. The number of aliphatic hydroxyl groups is 1. The maximum absolute atomic E-state index is 14.8. The summed E-state index contributed by atoms with van der Waals surface area (Å²) in [7, 11) is 1.58. The highest BCUT2D eigenvalue weighted by atomic mass is 16.5. The van der Waals surface area contributed by atoms with E-state index in [1.54, 1.807) is 58.2 Å². The summed E-state index contributed by atoms with van der Waals surface area (Å²) >= 11 is 0. The third kappa shape index (κ3) is 5.04. The van der Waals surface area contributed by atoms with Crippen LogP contribution in [-0.4, -0.2) is 89.3 Å². The predicted octanol–water partition coefficient (Wildman–Crippen LogP) is 3.81. The van der Waals surface area contributed by atoms with Crippen molar-refractivity contribution < 1.29 is 29.0 Å². The zero-order valence-corrected chi connectivity index (χ0v) is 25.8. The molecule has 3 aliphatic heterocycles. The molecule has 42 heavy (non-hydrogen) atoms. The molecule has 1 aromatic rings. The minimum Gasteiger partial charge on any atom is -0.497 e. The van der Waals surface area contributed by atoms with Gasteiger partial charge in [0.1, 0.15) is 17.4 Å². The molecule has 230 valence electrons. The van der Waals surface area contributed by atoms with Gasteiger partial charge in [0.25, 0.3) is 5.91 Å². The fourth-order valence-electron chi connectivity index (χ4n) is 7.47. The number of anilines is 1. The molecule has 0 aliphatic carbocycles. The van der Waals surface area contributed by atoms with Gasteiger partial charge in [0, 0.05) is 25.3 Å². The highest BCUT2D eigenvalue weighted by Gasteiger charge is 2.79. The van der Waals surface area contributed by atoms with Crippen LogP contribution >= 0.6 is 0 Å². The Kier molecular flexibility index (Phi) is 9.52. The molecule has 1 N–H and O–H groups in total. The summed E-state index contributed by atoms with van der Waals surface area (Å²) in [5.41, 5.74) is -1.45. The largest absolute Gasteiger partial charge is 0.497 e. The number of hydrogen-bond donors (Lipinski definition) is 1. The SMILES string of the molecule is C=CCN(CCC)C(=O)[C@@H]1[C@H]2C(=O)N([C@@H](CO)[C@@H](C)CC)C(C(=O)N(CC=C)c3ccc(OC)cc3)C23CC[C@@]1(C)O3. The summed E-state index contributed by atoms with van der Waals surface area (Å²) in [4.78, 5) is 48.6. The van der Waals surface area contributed by atoms with Gasteiger partial charge in [0.2, 0.25) is 11.8 Å². The fraction of sp³-hybridized carbons (Fsp3) is 0.606. The second-order valence-corrected chi connectivity index (χ2v) is 12.1. The Morgan fingerprint density at radius 1 is 1.17 bits per heavy atom. The first-order valence-corrected chi connectivity index (χ1v) is 15.2. The monoisotopic (exact) mass is 581 g/mol. The summed E-state index contributed by atoms with van der Waals surface area (Å²) in [5, 5.41) is 10.6. The average Bonchev–Trinajstić information content (AvgIpc) is 3.56. The Bertz CT molecular complexity index is 1190. The van der Waals surface area contributed by atoms with E-state index < -0.39 is 35.1 Å². The molecule has 0 saturated carbocycles. The van der Waals surface area contributed by atoms with Crippen molar-refractivity contribution in [1.82, 2.24) is 9.80 Å². The second-order valence-electron chi connectivity index (χ2n) is 12.1. The summed E-state index contributed by atoms with van der Waals surface area (Å²) < 4.78 is 12.2. The van der Waals surface area contributed by atoms with Crippen molar-refractivity contribution in [1.29, 1.82) is 0 Å². The van der Waals surface area contributed by atoms with Crippen molar-refractivity contribution in [3.8, 4) is 5.75 Å². The Balaban J connectivity index is 1.86. The minimum absolute atomic E-state index is 0.0855. The van der Waals surface area contributed by atoms with Gasteiger partial charge in [-0.05, 0) is 56.4 Å². The van der Waals surface area contributed by atoms with E-state index in [9.17, 15) is 19.5 Å². The van der Waals surface area contributed by atoms with Gasteiger partial charge in [-0.1, -0.05) is 39.3 Å². The summed E-state index contributed by atoms with van der Waals surface area (Å²) in [6, 6.07) is 5.54. The lowest BCUT2D eigenvalue weighted by Gasteiger charge is -2.41. The lowest BCUT2D eigenvalue weighted by molar-refractivity contribution is -0.153. The van der Waals surface area contributed by atoms with Gasteiger partial charge in [0.05, 0.1) is 37.2 Å². The zero-order chi connectivity index (χ0) is 30.8. The van der Waals surface area contributed by atoms with Crippen LogP contribution in [0.3, 0.4) is 0 Å². The van der Waals surface area contributed by atoms with Crippen molar-refractivity contribution in [2.45, 2.75) is 76.7 Å². The van der Waals surface area contributed by atoms with Crippen LogP contribution in [0.5, 0.6) is 5.75 Å². The molecule has 0 radical (unpaired) electrons. The first kappa shape index (κ1) is 31.8. The molecular weight excluding hydrogens is 534 g/mol. The van der Waals surface area contributed by atoms with E-state index in [2.05, 4.69) is 13.2 Å².